The monoisotopic (exact) mass is 512 g/mol. The van der Waals surface area contributed by atoms with Gasteiger partial charge in [-0.3, -0.25) is 4.98 Å². The van der Waals surface area contributed by atoms with Gasteiger partial charge in [-0.05, 0) is 80.8 Å². The zero-order chi connectivity index (χ0) is 26.2. The Labute approximate surface area is 228 Å². The van der Waals surface area contributed by atoms with E-state index in [-0.39, 0.29) is 0 Å². The summed E-state index contributed by atoms with van der Waals surface area (Å²) >= 11 is 0. The number of aromatic nitrogens is 4. The lowest BCUT2D eigenvalue weighted by atomic mass is 9.90. The second kappa shape index (κ2) is 7.98. The summed E-state index contributed by atoms with van der Waals surface area (Å²) in [6, 6.07) is 39.9. The number of benzene rings is 6. The molecule has 5 heteroatoms. The topological polar surface area (TPSA) is 56.7 Å². The molecule has 0 aliphatic rings. The maximum Gasteiger partial charge on any atom is 0.248 e. The van der Waals surface area contributed by atoms with Gasteiger partial charge in [0.1, 0.15) is 0 Å². The minimum atomic E-state index is 0.516. The fourth-order valence-electron chi connectivity index (χ4n) is 6.26. The summed E-state index contributed by atoms with van der Waals surface area (Å²) in [6.07, 6.45) is 1.88. The molecule has 0 radical (unpaired) electrons. The Balaban J connectivity index is 1.37. The van der Waals surface area contributed by atoms with Crippen LogP contribution in [-0.2, 0) is 0 Å². The summed E-state index contributed by atoms with van der Waals surface area (Å²) in [5.74, 6) is 1.03. The molecule has 40 heavy (non-hydrogen) atoms. The van der Waals surface area contributed by atoms with E-state index in [2.05, 4.69) is 93.6 Å². The Kier molecular flexibility index (Phi) is 4.27. The Hall–Kier alpha value is -5.55. The highest BCUT2D eigenvalue weighted by Crippen LogP contribution is 2.44. The summed E-state index contributed by atoms with van der Waals surface area (Å²) in [7, 11) is 0. The standard InChI is InChI=1S/C35H20N4O/c1-3-8-22(9-4-1)34-37-38-35(40-34)26-17-13-21-14-18-27-31-23(15-16-25(26)30(21)31)20-29-32(27)33-28(12-7-19-36-33)39(29)24-10-5-2-6-11-24/h1-20H. The highest BCUT2D eigenvalue weighted by atomic mass is 16.4. The van der Waals surface area contributed by atoms with Crippen molar-refractivity contribution < 1.29 is 4.42 Å². The van der Waals surface area contributed by atoms with Crippen molar-refractivity contribution in [3.05, 3.63) is 121 Å². The van der Waals surface area contributed by atoms with E-state index in [0.717, 1.165) is 44.1 Å². The molecule has 0 saturated heterocycles. The zero-order valence-corrected chi connectivity index (χ0v) is 21.2. The van der Waals surface area contributed by atoms with Gasteiger partial charge in [-0.25, -0.2) is 0 Å². The first-order valence-electron chi connectivity index (χ1n) is 13.3. The predicted octanol–water partition coefficient (Wildman–Crippen LogP) is 8.79. The molecule has 5 nitrogen and oxygen atoms in total. The summed E-state index contributed by atoms with van der Waals surface area (Å²) in [4.78, 5) is 4.88. The summed E-state index contributed by atoms with van der Waals surface area (Å²) in [5.41, 5.74) is 6.21. The molecule has 0 aliphatic carbocycles. The number of hydrogen-bond donors (Lipinski definition) is 0. The molecule has 186 valence electrons. The van der Waals surface area contributed by atoms with Gasteiger partial charge >= 0.3 is 0 Å². The average molecular weight is 513 g/mol. The van der Waals surface area contributed by atoms with Crippen molar-refractivity contribution in [2.75, 3.05) is 0 Å². The lowest BCUT2D eigenvalue weighted by molar-refractivity contribution is 0.585. The Bertz CT molecular complexity index is 2370. The smallest absolute Gasteiger partial charge is 0.248 e. The molecule has 3 aromatic heterocycles. The van der Waals surface area contributed by atoms with E-state index in [1.165, 1.54) is 26.9 Å². The van der Waals surface area contributed by atoms with Gasteiger partial charge < -0.3 is 8.98 Å². The van der Waals surface area contributed by atoms with Crippen LogP contribution >= 0.6 is 0 Å². The molecular formula is C35H20N4O. The lowest BCUT2D eigenvalue weighted by Gasteiger charge is -2.14. The number of para-hydroxylation sites is 1. The average Bonchev–Trinajstić information content (AvgIpc) is 3.64. The maximum atomic E-state index is 6.19. The molecule has 0 spiro atoms. The highest BCUT2D eigenvalue weighted by Gasteiger charge is 2.21. The summed E-state index contributed by atoms with van der Waals surface area (Å²) in [5, 5.41) is 17.0. The van der Waals surface area contributed by atoms with Gasteiger partial charge in [0.25, 0.3) is 0 Å². The normalized spacial score (nSPS) is 12.0. The molecule has 0 amide bonds. The van der Waals surface area contributed by atoms with E-state index >= 15 is 0 Å². The zero-order valence-electron chi connectivity index (χ0n) is 21.2. The third-order valence-corrected chi connectivity index (χ3v) is 7.96. The molecule has 0 unspecified atom stereocenters. The predicted molar refractivity (Wildman–Crippen MR) is 161 cm³/mol. The largest absolute Gasteiger partial charge is 0.416 e. The van der Waals surface area contributed by atoms with Gasteiger partial charge in [0.15, 0.2) is 0 Å². The van der Waals surface area contributed by atoms with Crippen LogP contribution in [0.1, 0.15) is 0 Å². The Morgan fingerprint density at radius 3 is 2.15 bits per heavy atom. The molecule has 0 saturated carbocycles. The number of pyridine rings is 1. The third kappa shape index (κ3) is 2.89. The van der Waals surface area contributed by atoms with E-state index in [1.54, 1.807) is 0 Å². The Morgan fingerprint density at radius 1 is 0.550 bits per heavy atom. The van der Waals surface area contributed by atoms with E-state index in [9.17, 15) is 0 Å². The first-order valence-corrected chi connectivity index (χ1v) is 13.3. The van der Waals surface area contributed by atoms with Crippen molar-refractivity contribution >= 4 is 54.3 Å². The van der Waals surface area contributed by atoms with Gasteiger partial charge in [-0.2, -0.15) is 0 Å². The van der Waals surface area contributed by atoms with E-state index in [0.29, 0.717) is 11.8 Å². The molecular weight excluding hydrogens is 492 g/mol. The molecule has 0 fully saturated rings. The van der Waals surface area contributed by atoms with Crippen LogP contribution in [-0.4, -0.2) is 19.7 Å². The van der Waals surface area contributed by atoms with Crippen molar-refractivity contribution in [1.29, 1.82) is 0 Å². The summed E-state index contributed by atoms with van der Waals surface area (Å²) < 4.78 is 8.51. The van der Waals surface area contributed by atoms with Gasteiger partial charge in [-0.1, -0.05) is 66.7 Å². The molecule has 6 aromatic carbocycles. The first kappa shape index (κ1) is 21.4. The number of hydrogen-bond acceptors (Lipinski definition) is 4. The fourth-order valence-corrected chi connectivity index (χ4v) is 6.26. The number of nitrogens with zero attached hydrogens (tertiary/aromatic N) is 4. The van der Waals surface area contributed by atoms with Crippen LogP contribution < -0.4 is 0 Å². The van der Waals surface area contributed by atoms with Crippen molar-refractivity contribution in [1.82, 2.24) is 19.7 Å². The lowest BCUT2D eigenvalue weighted by Crippen LogP contribution is -1.94. The van der Waals surface area contributed by atoms with E-state index in [1.807, 2.05) is 42.6 Å². The minimum absolute atomic E-state index is 0.516. The van der Waals surface area contributed by atoms with Crippen LogP contribution in [0.3, 0.4) is 0 Å². The SMILES string of the molecule is c1ccc(-c2nnc(-c3ccc4ccc5c6c(ccc3c46)cc3c5c4ncccc4n3-c3ccccc3)o2)cc1. The second-order valence-electron chi connectivity index (χ2n) is 10.1. The quantitative estimate of drug-likeness (QED) is 0.222. The first-order chi connectivity index (χ1) is 19.8. The minimum Gasteiger partial charge on any atom is -0.416 e. The van der Waals surface area contributed by atoms with Crippen LogP contribution in [0.15, 0.2) is 126 Å². The summed E-state index contributed by atoms with van der Waals surface area (Å²) in [6.45, 7) is 0. The van der Waals surface area contributed by atoms with Gasteiger partial charge in [0.2, 0.25) is 11.8 Å². The molecule has 0 atom stereocenters. The van der Waals surface area contributed by atoms with Gasteiger partial charge in [-0.15, -0.1) is 10.2 Å². The van der Waals surface area contributed by atoms with Crippen LogP contribution in [0.25, 0.3) is 82.8 Å². The van der Waals surface area contributed by atoms with Crippen molar-refractivity contribution in [2.24, 2.45) is 0 Å². The number of fused-ring (bicyclic) bond motifs is 4. The van der Waals surface area contributed by atoms with Gasteiger partial charge in [0, 0.05) is 28.4 Å². The van der Waals surface area contributed by atoms with E-state index in [4.69, 9.17) is 9.40 Å². The van der Waals surface area contributed by atoms with Crippen LogP contribution in [0.2, 0.25) is 0 Å². The molecule has 0 N–H and O–H groups in total. The van der Waals surface area contributed by atoms with Crippen molar-refractivity contribution in [2.45, 2.75) is 0 Å². The van der Waals surface area contributed by atoms with Crippen LogP contribution in [0.4, 0.5) is 0 Å². The molecule has 0 bridgehead atoms. The molecule has 9 rings (SSSR count). The van der Waals surface area contributed by atoms with Crippen LogP contribution in [0.5, 0.6) is 0 Å². The number of rotatable bonds is 3. The van der Waals surface area contributed by atoms with Crippen molar-refractivity contribution in [3.63, 3.8) is 0 Å². The fraction of sp³-hybridized carbons (Fsp3) is 0. The molecule has 3 heterocycles. The van der Waals surface area contributed by atoms with Crippen LogP contribution in [0, 0.1) is 0 Å². The second-order valence-corrected chi connectivity index (χ2v) is 10.1. The highest BCUT2D eigenvalue weighted by molar-refractivity contribution is 6.33. The van der Waals surface area contributed by atoms with Crippen molar-refractivity contribution in [3.8, 4) is 28.6 Å². The third-order valence-electron chi connectivity index (χ3n) is 7.96. The van der Waals surface area contributed by atoms with E-state index < -0.39 is 0 Å². The molecule has 9 aromatic rings. The maximum absolute atomic E-state index is 6.19. The Morgan fingerprint density at radius 2 is 1.27 bits per heavy atom. The molecule has 0 aliphatic heterocycles. The van der Waals surface area contributed by atoms with Gasteiger partial charge in [0.05, 0.1) is 16.6 Å².